The zero-order valence-electron chi connectivity index (χ0n) is 13.8. The number of hydrogen-bond donors (Lipinski definition) is 1. The molecule has 1 heterocycles. The van der Waals surface area contributed by atoms with Gasteiger partial charge in [0.25, 0.3) is 0 Å². The minimum atomic E-state index is 0.440. The molecule has 3 nitrogen and oxygen atoms in total. The van der Waals surface area contributed by atoms with Crippen molar-refractivity contribution < 1.29 is 4.74 Å². The minimum Gasteiger partial charge on any atom is -0.494 e. The van der Waals surface area contributed by atoms with Gasteiger partial charge in [0.05, 0.1) is 6.61 Å². The predicted octanol–water partition coefficient (Wildman–Crippen LogP) is 3.61. The second kappa shape index (κ2) is 8.40. The molecule has 1 fully saturated rings. The molecule has 0 amide bonds. The summed E-state index contributed by atoms with van der Waals surface area (Å²) in [6.45, 7) is 4.26. The van der Waals surface area contributed by atoms with Gasteiger partial charge in [0.2, 0.25) is 0 Å². The molecule has 1 N–H and O–H groups in total. The number of nitrogens with one attached hydrogen (secondary N) is 1. The standard InChI is InChI=1S/C18H30N2O/c1-4-18(19-2)15-8-10-17(11-9-15)21-14-12-16-7-5-6-13-20(16)3/h8-11,16,18-19H,4-7,12-14H2,1-3H3. The lowest BCUT2D eigenvalue weighted by molar-refractivity contribution is 0.153. The first-order chi connectivity index (χ1) is 10.2. The van der Waals surface area contributed by atoms with Gasteiger partial charge in [-0.1, -0.05) is 25.5 Å². The van der Waals surface area contributed by atoms with Crippen molar-refractivity contribution in [1.29, 1.82) is 0 Å². The normalized spacial score (nSPS) is 21.2. The van der Waals surface area contributed by atoms with Crippen molar-refractivity contribution in [3.05, 3.63) is 29.8 Å². The van der Waals surface area contributed by atoms with Crippen molar-refractivity contribution in [2.75, 3.05) is 27.2 Å². The maximum absolute atomic E-state index is 5.91. The number of rotatable bonds is 7. The first-order valence-corrected chi connectivity index (χ1v) is 8.35. The summed E-state index contributed by atoms with van der Waals surface area (Å²) in [4.78, 5) is 2.48. The van der Waals surface area contributed by atoms with Crippen molar-refractivity contribution in [1.82, 2.24) is 10.2 Å². The monoisotopic (exact) mass is 290 g/mol. The van der Waals surface area contributed by atoms with Gasteiger partial charge in [-0.2, -0.15) is 0 Å². The van der Waals surface area contributed by atoms with E-state index in [1.165, 1.54) is 31.4 Å². The van der Waals surface area contributed by atoms with E-state index in [2.05, 4.69) is 48.5 Å². The summed E-state index contributed by atoms with van der Waals surface area (Å²) in [5.74, 6) is 0.989. The molecular weight excluding hydrogens is 260 g/mol. The van der Waals surface area contributed by atoms with E-state index in [9.17, 15) is 0 Å². The Kier molecular flexibility index (Phi) is 6.52. The van der Waals surface area contributed by atoms with Crippen LogP contribution in [0.15, 0.2) is 24.3 Å². The molecule has 3 heteroatoms. The van der Waals surface area contributed by atoms with Crippen LogP contribution in [0, 0.1) is 0 Å². The zero-order valence-corrected chi connectivity index (χ0v) is 13.8. The molecule has 0 spiro atoms. The Morgan fingerprint density at radius 3 is 2.67 bits per heavy atom. The fraction of sp³-hybridized carbons (Fsp3) is 0.667. The number of likely N-dealkylation sites (tertiary alicyclic amines) is 1. The first kappa shape index (κ1) is 16.3. The van der Waals surface area contributed by atoms with Gasteiger partial charge in [-0.05, 0) is 64.0 Å². The number of benzene rings is 1. The summed E-state index contributed by atoms with van der Waals surface area (Å²) < 4.78 is 5.91. The van der Waals surface area contributed by atoms with E-state index < -0.39 is 0 Å². The molecule has 2 unspecified atom stereocenters. The van der Waals surface area contributed by atoms with Crippen LogP contribution in [0.4, 0.5) is 0 Å². The number of piperidine rings is 1. The molecule has 0 radical (unpaired) electrons. The van der Waals surface area contributed by atoms with E-state index in [-0.39, 0.29) is 0 Å². The first-order valence-electron chi connectivity index (χ1n) is 8.35. The van der Waals surface area contributed by atoms with Gasteiger partial charge >= 0.3 is 0 Å². The topological polar surface area (TPSA) is 24.5 Å². The van der Waals surface area contributed by atoms with Crippen LogP contribution in [0.5, 0.6) is 5.75 Å². The molecule has 0 aliphatic carbocycles. The summed E-state index contributed by atoms with van der Waals surface area (Å²) in [7, 11) is 4.25. The number of ether oxygens (including phenoxy) is 1. The fourth-order valence-corrected chi connectivity index (χ4v) is 3.22. The zero-order chi connectivity index (χ0) is 15.1. The lowest BCUT2D eigenvalue weighted by Crippen LogP contribution is -2.37. The quantitative estimate of drug-likeness (QED) is 0.830. The highest BCUT2D eigenvalue weighted by Crippen LogP contribution is 2.21. The van der Waals surface area contributed by atoms with E-state index in [0.29, 0.717) is 12.1 Å². The van der Waals surface area contributed by atoms with Crippen LogP contribution < -0.4 is 10.1 Å². The van der Waals surface area contributed by atoms with Crippen LogP contribution >= 0.6 is 0 Å². The molecule has 0 aromatic heterocycles. The van der Waals surface area contributed by atoms with E-state index in [1.54, 1.807) is 0 Å². The highest BCUT2D eigenvalue weighted by molar-refractivity contribution is 5.29. The van der Waals surface area contributed by atoms with Crippen molar-refractivity contribution in [2.45, 2.75) is 51.1 Å². The third-order valence-corrected chi connectivity index (χ3v) is 4.68. The second-order valence-electron chi connectivity index (χ2n) is 6.09. The molecule has 1 saturated heterocycles. The lowest BCUT2D eigenvalue weighted by atomic mass is 10.0. The molecular formula is C18H30N2O. The minimum absolute atomic E-state index is 0.440. The fourth-order valence-electron chi connectivity index (χ4n) is 3.22. The number of nitrogens with zero attached hydrogens (tertiary/aromatic N) is 1. The van der Waals surface area contributed by atoms with Crippen molar-refractivity contribution in [3.8, 4) is 5.75 Å². The molecule has 0 bridgehead atoms. The van der Waals surface area contributed by atoms with E-state index in [1.807, 2.05) is 7.05 Å². The molecule has 118 valence electrons. The van der Waals surface area contributed by atoms with E-state index >= 15 is 0 Å². The van der Waals surface area contributed by atoms with Crippen molar-refractivity contribution in [3.63, 3.8) is 0 Å². The SMILES string of the molecule is CCC(NC)c1ccc(OCCC2CCCCN2C)cc1. The maximum atomic E-state index is 5.91. The van der Waals surface area contributed by atoms with Crippen LogP contribution in [-0.4, -0.2) is 38.2 Å². The second-order valence-corrected chi connectivity index (χ2v) is 6.09. The van der Waals surface area contributed by atoms with Crippen LogP contribution in [0.25, 0.3) is 0 Å². The van der Waals surface area contributed by atoms with Crippen molar-refractivity contribution >= 4 is 0 Å². The average molecular weight is 290 g/mol. The Labute approximate surface area is 129 Å². The van der Waals surface area contributed by atoms with Crippen molar-refractivity contribution in [2.24, 2.45) is 0 Å². The smallest absolute Gasteiger partial charge is 0.119 e. The van der Waals surface area contributed by atoms with Crippen LogP contribution in [-0.2, 0) is 0 Å². The van der Waals surface area contributed by atoms with Gasteiger partial charge in [-0.25, -0.2) is 0 Å². The van der Waals surface area contributed by atoms with Crippen LogP contribution in [0.1, 0.15) is 50.6 Å². The Morgan fingerprint density at radius 2 is 2.05 bits per heavy atom. The Morgan fingerprint density at radius 1 is 1.29 bits per heavy atom. The van der Waals surface area contributed by atoms with Crippen LogP contribution in [0.3, 0.4) is 0 Å². The van der Waals surface area contributed by atoms with Gasteiger partial charge < -0.3 is 15.0 Å². The molecule has 1 aromatic rings. The summed E-state index contributed by atoms with van der Waals surface area (Å²) >= 11 is 0. The Hall–Kier alpha value is -1.06. The van der Waals surface area contributed by atoms with Gasteiger partial charge in [-0.3, -0.25) is 0 Å². The van der Waals surface area contributed by atoms with Gasteiger partial charge in [0.1, 0.15) is 5.75 Å². The molecule has 1 aliphatic heterocycles. The summed E-state index contributed by atoms with van der Waals surface area (Å²) in [6, 6.07) is 9.68. The summed E-state index contributed by atoms with van der Waals surface area (Å²) in [5, 5.41) is 3.33. The molecule has 1 aromatic carbocycles. The third-order valence-electron chi connectivity index (χ3n) is 4.68. The predicted molar refractivity (Wildman–Crippen MR) is 88.9 cm³/mol. The summed E-state index contributed by atoms with van der Waals surface area (Å²) in [5.41, 5.74) is 1.33. The lowest BCUT2D eigenvalue weighted by Gasteiger charge is -2.32. The maximum Gasteiger partial charge on any atom is 0.119 e. The molecule has 2 atom stereocenters. The average Bonchev–Trinajstić information content (AvgIpc) is 2.52. The van der Waals surface area contributed by atoms with Gasteiger partial charge in [-0.15, -0.1) is 0 Å². The van der Waals surface area contributed by atoms with Crippen LogP contribution in [0.2, 0.25) is 0 Å². The third kappa shape index (κ3) is 4.72. The molecule has 0 saturated carbocycles. The molecule has 2 rings (SSSR count). The molecule has 21 heavy (non-hydrogen) atoms. The highest BCUT2D eigenvalue weighted by atomic mass is 16.5. The summed E-state index contributed by atoms with van der Waals surface area (Å²) in [6.07, 6.45) is 6.27. The van der Waals surface area contributed by atoms with E-state index in [0.717, 1.165) is 25.2 Å². The van der Waals surface area contributed by atoms with Gasteiger partial charge in [0.15, 0.2) is 0 Å². The van der Waals surface area contributed by atoms with Gasteiger partial charge in [0, 0.05) is 12.1 Å². The van der Waals surface area contributed by atoms with E-state index in [4.69, 9.17) is 4.74 Å². The number of hydrogen-bond acceptors (Lipinski definition) is 3. The highest BCUT2D eigenvalue weighted by Gasteiger charge is 2.18. The Bertz CT molecular complexity index is 400. The molecule has 1 aliphatic rings. The largest absolute Gasteiger partial charge is 0.494 e. The Balaban J connectivity index is 1.78.